The van der Waals surface area contributed by atoms with Gasteiger partial charge in [-0.2, -0.15) is 0 Å². The highest BCUT2D eigenvalue weighted by Gasteiger charge is 2.16. The van der Waals surface area contributed by atoms with Crippen LogP contribution in [0.5, 0.6) is 0 Å². The monoisotopic (exact) mass is 436 g/mol. The molecule has 12 heteroatoms. The van der Waals surface area contributed by atoms with Gasteiger partial charge in [-0.15, -0.1) is 0 Å². The predicted molar refractivity (Wildman–Crippen MR) is 113 cm³/mol. The maximum absolute atomic E-state index is 12.7. The number of anilines is 1. The molecule has 1 heterocycles. The molecule has 0 spiro atoms. The summed E-state index contributed by atoms with van der Waals surface area (Å²) in [5.74, 6) is -0.981. The Kier molecular flexibility index (Phi) is 7.81. The summed E-state index contributed by atoms with van der Waals surface area (Å²) in [6, 6.07) is 11.5. The van der Waals surface area contributed by atoms with Crippen LogP contribution in [0.3, 0.4) is 0 Å². The third-order valence-corrected chi connectivity index (χ3v) is 5.09. The highest BCUT2D eigenvalue weighted by molar-refractivity contribution is 7.91. The van der Waals surface area contributed by atoms with Crippen LogP contribution in [0, 0.1) is 6.92 Å². The second-order valence-corrected chi connectivity index (χ2v) is 8.05. The topological polar surface area (TPSA) is 171 Å². The zero-order chi connectivity index (χ0) is 22.1. The summed E-state index contributed by atoms with van der Waals surface area (Å²) in [5, 5.41) is 5.86. The first-order chi connectivity index (χ1) is 14.2. The molecule has 0 aliphatic rings. The molecule has 1 aromatic heterocycles. The fourth-order valence-corrected chi connectivity index (χ4v) is 3.69. The number of rotatable bonds is 10. The molecule has 0 saturated carbocycles. The maximum Gasteiger partial charge on any atom is 0.275 e. The first kappa shape index (κ1) is 22.7. The van der Waals surface area contributed by atoms with Crippen molar-refractivity contribution in [3.8, 4) is 0 Å². The van der Waals surface area contributed by atoms with Gasteiger partial charge in [0.05, 0.1) is 12.3 Å². The lowest BCUT2D eigenvalue weighted by atomic mass is 10.2. The number of hydrogen-bond donors (Lipinski definition) is 4. The average Bonchev–Trinajstić information content (AvgIpc) is 2.67. The summed E-state index contributed by atoms with van der Waals surface area (Å²) in [7, 11) is -3.81. The van der Waals surface area contributed by atoms with E-state index < -0.39 is 21.5 Å². The zero-order valence-electron chi connectivity index (χ0n) is 16.4. The van der Waals surface area contributed by atoms with Gasteiger partial charge in [-0.25, -0.2) is 8.42 Å². The quantitative estimate of drug-likeness (QED) is 0.167. The van der Waals surface area contributed by atoms with Gasteiger partial charge in [-0.05, 0) is 29.8 Å². The number of aryl methyl sites for hydroxylation is 1. The number of amides is 1. The number of hydrogen-bond acceptors (Lipinski definition) is 6. The summed E-state index contributed by atoms with van der Waals surface area (Å²) in [6.45, 7) is 1.50. The first-order valence-corrected chi connectivity index (χ1v) is 10.6. The van der Waals surface area contributed by atoms with Gasteiger partial charge in [0.1, 0.15) is 18.8 Å². The van der Waals surface area contributed by atoms with E-state index in [0.29, 0.717) is 11.3 Å². The lowest BCUT2D eigenvalue weighted by molar-refractivity contribution is -0.122. The van der Waals surface area contributed by atoms with E-state index in [-0.39, 0.29) is 37.1 Å². The first-order valence-electron chi connectivity index (χ1n) is 8.90. The number of aromatic nitrogens is 1. The van der Waals surface area contributed by atoms with Crippen LogP contribution in [-0.4, -0.2) is 38.0 Å². The summed E-state index contributed by atoms with van der Waals surface area (Å²) in [5.41, 5.74) is 10.5. The fraction of sp³-hybridized carbons (Fsp3) is 0.278. The lowest BCUT2D eigenvalue weighted by Crippen LogP contribution is -2.36. The van der Waals surface area contributed by atoms with E-state index in [0.717, 1.165) is 0 Å². The Hall–Kier alpha value is -3.54. The van der Waals surface area contributed by atoms with Crippen molar-refractivity contribution in [1.29, 1.82) is 0 Å². The van der Waals surface area contributed by atoms with Crippen LogP contribution in [0.2, 0.25) is 0 Å². The number of benzene rings is 1. The standard InChI is InChI=1S/C18H24N6O5S/c1-13-7-8-15(23-30(27,28)12-14-5-3-2-4-6-14)17(26)24(13)11-16(25)21-9-10-29-22-18(19)20/h2-8,23H,9-12H2,1H3,(H,21,25)(H4,19,20,22). The van der Waals surface area contributed by atoms with Crippen LogP contribution >= 0.6 is 0 Å². The van der Waals surface area contributed by atoms with E-state index in [2.05, 4.69) is 15.2 Å². The molecule has 2 rings (SSSR count). The number of sulfonamides is 1. The Morgan fingerprint density at radius 1 is 1.17 bits per heavy atom. The summed E-state index contributed by atoms with van der Waals surface area (Å²) < 4.78 is 28.3. The Morgan fingerprint density at radius 3 is 2.53 bits per heavy atom. The molecule has 1 amide bonds. The molecule has 30 heavy (non-hydrogen) atoms. The molecular weight excluding hydrogens is 412 g/mol. The third kappa shape index (κ3) is 7.13. The van der Waals surface area contributed by atoms with Crippen molar-refractivity contribution in [2.75, 3.05) is 17.9 Å². The summed E-state index contributed by atoms with van der Waals surface area (Å²) in [4.78, 5) is 29.5. The fourth-order valence-electron chi connectivity index (χ4n) is 2.50. The number of carbonyl (C=O) groups is 1. The molecule has 0 fully saturated rings. The molecule has 0 bridgehead atoms. The van der Waals surface area contributed by atoms with Crippen molar-refractivity contribution in [1.82, 2.24) is 9.88 Å². The highest BCUT2D eigenvalue weighted by atomic mass is 32.2. The Bertz CT molecular complexity index is 1060. The number of guanidine groups is 1. The van der Waals surface area contributed by atoms with Gasteiger partial charge in [0.2, 0.25) is 21.9 Å². The molecule has 0 radical (unpaired) electrons. The van der Waals surface area contributed by atoms with E-state index in [1.165, 1.54) is 10.6 Å². The van der Waals surface area contributed by atoms with Crippen LogP contribution in [0.1, 0.15) is 11.3 Å². The number of nitrogens with one attached hydrogen (secondary N) is 2. The van der Waals surface area contributed by atoms with Gasteiger partial charge in [0.15, 0.2) is 0 Å². The lowest BCUT2D eigenvalue weighted by Gasteiger charge is -2.13. The zero-order valence-corrected chi connectivity index (χ0v) is 17.2. The van der Waals surface area contributed by atoms with Crippen molar-refractivity contribution in [3.63, 3.8) is 0 Å². The second-order valence-electron chi connectivity index (χ2n) is 6.33. The normalized spacial score (nSPS) is 10.8. The van der Waals surface area contributed by atoms with E-state index in [9.17, 15) is 18.0 Å². The predicted octanol–water partition coefficient (Wildman–Crippen LogP) is -0.580. The van der Waals surface area contributed by atoms with Gasteiger partial charge in [0, 0.05) is 5.69 Å². The molecular formula is C18H24N6O5S. The molecule has 0 aliphatic carbocycles. The number of nitrogens with two attached hydrogens (primary N) is 2. The van der Waals surface area contributed by atoms with Gasteiger partial charge in [-0.3, -0.25) is 14.3 Å². The van der Waals surface area contributed by atoms with Crippen molar-refractivity contribution < 1.29 is 18.0 Å². The SMILES string of the molecule is Cc1ccc(NS(=O)(=O)Cc2ccccc2)c(=O)n1CC(=O)NCCON=C(N)N. The van der Waals surface area contributed by atoms with E-state index in [4.69, 9.17) is 16.3 Å². The van der Waals surface area contributed by atoms with Crippen LogP contribution in [0.4, 0.5) is 5.69 Å². The van der Waals surface area contributed by atoms with Crippen molar-refractivity contribution >= 4 is 27.6 Å². The highest BCUT2D eigenvalue weighted by Crippen LogP contribution is 2.10. The molecule has 6 N–H and O–H groups in total. The largest absolute Gasteiger partial charge is 0.391 e. The number of carbonyl (C=O) groups excluding carboxylic acids is 1. The molecule has 0 atom stereocenters. The van der Waals surface area contributed by atoms with Crippen LogP contribution in [0.15, 0.2) is 52.4 Å². The molecule has 162 valence electrons. The van der Waals surface area contributed by atoms with E-state index in [1.54, 1.807) is 43.3 Å². The Labute approximate surface area is 173 Å². The number of nitrogens with zero attached hydrogens (tertiary/aromatic N) is 2. The minimum atomic E-state index is -3.81. The van der Waals surface area contributed by atoms with Gasteiger partial charge >= 0.3 is 0 Å². The molecule has 2 aromatic rings. The third-order valence-electron chi connectivity index (χ3n) is 3.84. The van der Waals surface area contributed by atoms with Crippen LogP contribution < -0.4 is 27.1 Å². The number of oxime groups is 1. The molecule has 1 aromatic carbocycles. The summed E-state index contributed by atoms with van der Waals surface area (Å²) in [6.07, 6.45) is 0. The minimum absolute atomic E-state index is 0.0385. The molecule has 0 unspecified atom stereocenters. The molecule has 11 nitrogen and oxygen atoms in total. The Balaban J connectivity index is 2.05. The van der Waals surface area contributed by atoms with Crippen molar-refractivity contribution in [2.24, 2.45) is 16.6 Å². The van der Waals surface area contributed by atoms with Crippen LogP contribution in [-0.2, 0) is 32.0 Å². The second kappa shape index (κ2) is 10.3. The van der Waals surface area contributed by atoms with E-state index >= 15 is 0 Å². The van der Waals surface area contributed by atoms with E-state index in [1.807, 2.05) is 0 Å². The van der Waals surface area contributed by atoms with Crippen molar-refractivity contribution in [2.45, 2.75) is 19.2 Å². The minimum Gasteiger partial charge on any atom is -0.391 e. The van der Waals surface area contributed by atoms with Crippen molar-refractivity contribution in [3.05, 3.63) is 64.1 Å². The van der Waals surface area contributed by atoms with Gasteiger partial charge in [-0.1, -0.05) is 30.3 Å². The maximum atomic E-state index is 12.7. The summed E-state index contributed by atoms with van der Waals surface area (Å²) >= 11 is 0. The van der Waals surface area contributed by atoms with Crippen LogP contribution in [0.25, 0.3) is 0 Å². The smallest absolute Gasteiger partial charge is 0.275 e. The van der Waals surface area contributed by atoms with Gasteiger partial charge in [0.25, 0.3) is 5.56 Å². The molecule has 0 aliphatic heterocycles. The molecule has 0 saturated heterocycles. The average molecular weight is 436 g/mol. The van der Waals surface area contributed by atoms with Gasteiger partial charge < -0.3 is 26.2 Å². The Morgan fingerprint density at radius 2 is 1.87 bits per heavy atom. The number of pyridine rings is 1.